The molecule has 2 aromatic heterocycles. The first-order valence-corrected chi connectivity index (χ1v) is 6.79. The van der Waals surface area contributed by atoms with Gasteiger partial charge in [0, 0.05) is 17.8 Å². The van der Waals surface area contributed by atoms with Crippen LogP contribution in [0, 0.1) is 0 Å². The number of rotatable bonds is 0. The van der Waals surface area contributed by atoms with Crippen LogP contribution in [0.4, 0.5) is 4.79 Å². The number of aromatic nitrogens is 2. The number of pyridine rings is 1. The molecule has 0 spiro atoms. The zero-order valence-electron chi connectivity index (χ0n) is 13.0. The van der Waals surface area contributed by atoms with Crippen molar-refractivity contribution in [2.24, 2.45) is 0 Å². The van der Waals surface area contributed by atoms with E-state index in [1.54, 1.807) is 6.20 Å². The normalized spacial score (nSPS) is 12.7. The molecule has 0 N–H and O–H groups in total. The molecule has 0 saturated carbocycles. The summed E-state index contributed by atoms with van der Waals surface area (Å²) in [5.41, 5.74) is 1.15. The van der Waals surface area contributed by atoms with Crippen LogP contribution in [-0.2, 0) is 10.2 Å². The van der Waals surface area contributed by atoms with Crippen molar-refractivity contribution in [3.8, 4) is 0 Å². The lowest BCUT2D eigenvalue weighted by Gasteiger charge is -2.19. The monoisotopic (exact) mass is 274 g/mol. The van der Waals surface area contributed by atoms with Crippen LogP contribution in [0.5, 0.6) is 0 Å². The Bertz CT molecular complexity index is 643. The number of ether oxygens (including phenoxy) is 1. The third-order valence-electron chi connectivity index (χ3n) is 2.96. The van der Waals surface area contributed by atoms with Crippen LogP contribution < -0.4 is 0 Å². The maximum atomic E-state index is 12.3. The molecule has 0 aliphatic rings. The molecule has 0 atom stereocenters. The number of hydrogen-bond donors (Lipinski definition) is 0. The summed E-state index contributed by atoms with van der Waals surface area (Å²) >= 11 is 0. The van der Waals surface area contributed by atoms with Crippen molar-refractivity contribution in [2.75, 3.05) is 0 Å². The van der Waals surface area contributed by atoms with E-state index in [4.69, 9.17) is 4.74 Å². The topological polar surface area (TPSA) is 44.1 Å². The highest BCUT2D eigenvalue weighted by Gasteiger charge is 2.25. The van der Waals surface area contributed by atoms with Gasteiger partial charge >= 0.3 is 6.09 Å². The minimum atomic E-state index is -0.523. The molecule has 2 aromatic rings. The van der Waals surface area contributed by atoms with Crippen molar-refractivity contribution in [2.45, 2.75) is 52.6 Å². The number of hydrogen-bond acceptors (Lipinski definition) is 3. The minimum Gasteiger partial charge on any atom is -0.443 e. The van der Waals surface area contributed by atoms with Gasteiger partial charge in [-0.15, -0.1) is 0 Å². The number of nitrogens with zero attached hydrogens (tertiary/aromatic N) is 2. The zero-order valence-corrected chi connectivity index (χ0v) is 13.0. The lowest BCUT2D eigenvalue weighted by Crippen LogP contribution is -2.27. The fraction of sp³-hybridized carbons (Fsp3) is 0.500. The summed E-state index contributed by atoms with van der Waals surface area (Å²) in [4.78, 5) is 16.6. The Hall–Kier alpha value is -1.84. The number of carbonyl (C=O) groups excluding carboxylic acids is 1. The Morgan fingerprint density at radius 1 is 1.20 bits per heavy atom. The van der Waals surface area contributed by atoms with Gasteiger partial charge in [0.15, 0.2) is 0 Å². The summed E-state index contributed by atoms with van der Waals surface area (Å²) in [6.45, 7) is 11.9. The lowest BCUT2D eigenvalue weighted by molar-refractivity contribution is 0.0543. The largest absolute Gasteiger partial charge is 0.443 e. The van der Waals surface area contributed by atoms with Crippen LogP contribution in [-0.4, -0.2) is 21.2 Å². The van der Waals surface area contributed by atoms with E-state index in [2.05, 4.69) is 25.8 Å². The smallest absolute Gasteiger partial charge is 0.420 e. The summed E-state index contributed by atoms with van der Waals surface area (Å²) in [6.07, 6.45) is 3.14. The van der Waals surface area contributed by atoms with Gasteiger partial charge in [0.1, 0.15) is 11.2 Å². The maximum absolute atomic E-state index is 12.3. The Morgan fingerprint density at radius 3 is 2.40 bits per heavy atom. The molecule has 0 aliphatic carbocycles. The maximum Gasteiger partial charge on any atom is 0.420 e. The average Bonchev–Trinajstić information content (AvgIpc) is 2.65. The van der Waals surface area contributed by atoms with Crippen LogP contribution >= 0.6 is 0 Å². The van der Waals surface area contributed by atoms with Crippen LogP contribution in [0.1, 0.15) is 47.1 Å². The molecule has 2 rings (SSSR count). The molecule has 0 amide bonds. The molecule has 108 valence electrons. The third kappa shape index (κ3) is 2.84. The predicted molar refractivity (Wildman–Crippen MR) is 80.1 cm³/mol. The van der Waals surface area contributed by atoms with Crippen molar-refractivity contribution < 1.29 is 9.53 Å². The molecule has 4 nitrogen and oxygen atoms in total. The zero-order chi connectivity index (χ0) is 15.1. The minimum absolute atomic E-state index is 0.0610. The highest BCUT2D eigenvalue weighted by Crippen LogP contribution is 2.31. The SMILES string of the molecule is CC(C)(C)OC(=O)n1cc(C(C)(C)C)c2cccnc21. The molecule has 0 radical (unpaired) electrons. The molecule has 0 saturated heterocycles. The Labute approximate surface area is 119 Å². The van der Waals surface area contributed by atoms with Crippen LogP contribution in [0.3, 0.4) is 0 Å². The van der Waals surface area contributed by atoms with E-state index in [-0.39, 0.29) is 5.41 Å². The molecule has 2 heterocycles. The van der Waals surface area contributed by atoms with Crippen LogP contribution in [0.2, 0.25) is 0 Å². The summed E-state index contributed by atoms with van der Waals surface area (Å²) in [5, 5.41) is 0.992. The highest BCUT2D eigenvalue weighted by atomic mass is 16.6. The Kier molecular flexibility index (Phi) is 3.36. The van der Waals surface area contributed by atoms with E-state index in [0.29, 0.717) is 5.65 Å². The van der Waals surface area contributed by atoms with Gasteiger partial charge in [-0.1, -0.05) is 20.8 Å². The van der Waals surface area contributed by atoms with E-state index in [0.717, 1.165) is 10.9 Å². The van der Waals surface area contributed by atoms with Crippen LogP contribution in [0.15, 0.2) is 24.5 Å². The number of carbonyl (C=O) groups is 1. The van der Waals surface area contributed by atoms with Gasteiger partial charge in [-0.3, -0.25) is 0 Å². The predicted octanol–water partition coefficient (Wildman–Crippen LogP) is 4.12. The van der Waals surface area contributed by atoms with Gasteiger partial charge in [-0.2, -0.15) is 0 Å². The fourth-order valence-corrected chi connectivity index (χ4v) is 2.11. The van der Waals surface area contributed by atoms with Crippen LogP contribution in [0.25, 0.3) is 11.0 Å². The third-order valence-corrected chi connectivity index (χ3v) is 2.96. The highest BCUT2D eigenvalue weighted by molar-refractivity contribution is 5.90. The molecule has 4 heteroatoms. The first kappa shape index (κ1) is 14.6. The summed E-state index contributed by atoms with van der Waals surface area (Å²) in [7, 11) is 0. The Morgan fingerprint density at radius 2 is 1.85 bits per heavy atom. The van der Waals surface area contributed by atoms with Gasteiger partial charge in [-0.25, -0.2) is 14.3 Å². The lowest BCUT2D eigenvalue weighted by atomic mass is 9.87. The van der Waals surface area contributed by atoms with E-state index in [9.17, 15) is 4.79 Å². The fourth-order valence-electron chi connectivity index (χ4n) is 2.11. The molecular weight excluding hydrogens is 252 g/mol. The van der Waals surface area contributed by atoms with Gasteiger partial charge in [0.05, 0.1) is 0 Å². The molecule has 0 bridgehead atoms. The molecule has 0 aliphatic heterocycles. The number of fused-ring (bicyclic) bond motifs is 1. The standard InChI is InChI=1S/C16H22N2O2/c1-15(2,3)12-10-18(14(19)20-16(4,5)6)13-11(12)8-7-9-17-13/h7-10H,1-6H3. The molecular formula is C16H22N2O2. The van der Waals surface area contributed by atoms with Gasteiger partial charge in [0.25, 0.3) is 0 Å². The summed E-state index contributed by atoms with van der Waals surface area (Å²) in [5.74, 6) is 0. The second-order valence-corrected chi connectivity index (χ2v) is 7.02. The molecule has 0 aromatic carbocycles. The summed E-state index contributed by atoms with van der Waals surface area (Å²) in [6, 6.07) is 3.88. The van der Waals surface area contributed by atoms with Crippen molar-refractivity contribution in [1.82, 2.24) is 9.55 Å². The summed E-state index contributed by atoms with van der Waals surface area (Å²) < 4.78 is 6.94. The van der Waals surface area contributed by atoms with E-state index < -0.39 is 11.7 Å². The average molecular weight is 274 g/mol. The molecule has 20 heavy (non-hydrogen) atoms. The van der Waals surface area contributed by atoms with Crippen molar-refractivity contribution in [3.05, 3.63) is 30.1 Å². The first-order valence-electron chi connectivity index (χ1n) is 6.79. The van der Waals surface area contributed by atoms with Crippen molar-refractivity contribution in [3.63, 3.8) is 0 Å². The van der Waals surface area contributed by atoms with Gasteiger partial charge < -0.3 is 4.74 Å². The Balaban J connectivity index is 2.58. The van der Waals surface area contributed by atoms with Gasteiger partial charge in [-0.05, 0) is 43.9 Å². The van der Waals surface area contributed by atoms with Crippen molar-refractivity contribution >= 4 is 17.1 Å². The van der Waals surface area contributed by atoms with E-state index >= 15 is 0 Å². The van der Waals surface area contributed by atoms with Crippen molar-refractivity contribution in [1.29, 1.82) is 0 Å². The van der Waals surface area contributed by atoms with E-state index in [1.165, 1.54) is 4.57 Å². The first-order chi connectivity index (χ1) is 9.09. The van der Waals surface area contributed by atoms with Gasteiger partial charge in [0.2, 0.25) is 0 Å². The molecule has 0 unspecified atom stereocenters. The molecule has 0 fully saturated rings. The van der Waals surface area contributed by atoms with E-state index in [1.807, 2.05) is 39.1 Å². The second kappa shape index (κ2) is 4.62. The second-order valence-electron chi connectivity index (χ2n) is 7.02. The quantitative estimate of drug-likeness (QED) is 0.726.